The zero-order chi connectivity index (χ0) is 12.7. The number of carbonyl (C=O) groups is 2. The van der Waals surface area contributed by atoms with Crippen LogP contribution in [0.1, 0.15) is 17.5 Å². The van der Waals surface area contributed by atoms with E-state index in [1.54, 1.807) is 11.0 Å². The monoisotopic (exact) mass is 240 g/mol. The van der Waals surface area contributed by atoms with Crippen molar-refractivity contribution in [2.45, 2.75) is 6.92 Å². The highest BCUT2D eigenvalue weighted by molar-refractivity contribution is 6.03. The maximum Gasteiger partial charge on any atom is 0.293 e. The number of hydrogen-bond donors (Lipinski definition) is 2. The van der Waals surface area contributed by atoms with Gasteiger partial charge in [-0.15, -0.1) is 0 Å². The molecule has 1 aromatic heterocycles. The lowest BCUT2D eigenvalue weighted by Gasteiger charge is -2.17. The van der Waals surface area contributed by atoms with Crippen molar-refractivity contribution >= 4 is 11.8 Å². The Morgan fingerprint density at radius 1 is 1.53 bits per heavy atom. The minimum Gasteiger partial charge on any atom is -0.459 e. The molecule has 2 N–H and O–H groups in total. The van der Waals surface area contributed by atoms with Gasteiger partial charge in [0.15, 0.2) is 5.76 Å². The summed E-state index contributed by atoms with van der Waals surface area (Å²) in [5, 5.41) is 11.0. The molecule has 6 heteroatoms. The van der Waals surface area contributed by atoms with Crippen LogP contribution < -0.4 is 5.32 Å². The summed E-state index contributed by atoms with van der Waals surface area (Å²) in [5.74, 6) is -0.870. The molecule has 0 radical (unpaired) electrons. The van der Waals surface area contributed by atoms with Gasteiger partial charge in [0.1, 0.15) is 0 Å². The van der Waals surface area contributed by atoms with Crippen LogP contribution in [0.5, 0.6) is 0 Å². The highest BCUT2D eigenvalue weighted by atomic mass is 16.3. The Labute approximate surface area is 99.2 Å². The molecular formula is C11H16N2O4. The zero-order valence-electron chi connectivity index (χ0n) is 9.68. The summed E-state index contributed by atoms with van der Waals surface area (Å²) in [6.45, 7) is 2.95. The largest absolute Gasteiger partial charge is 0.459 e. The van der Waals surface area contributed by atoms with Crippen molar-refractivity contribution in [1.82, 2.24) is 10.2 Å². The van der Waals surface area contributed by atoms with Crippen molar-refractivity contribution in [3.05, 3.63) is 24.2 Å². The van der Waals surface area contributed by atoms with Crippen LogP contribution in [0.25, 0.3) is 0 Å². The second-order valence-corrected chi connectivity index (χ2v) is 3.45. The Kier molecular flexibility index (Phi) is 5.38. The Bertz CT molecular complexity index is 362. The molecule has 1 aromatic rings. The van der Waals surface area contributed by atoms with E-state index >= 15 is 0 Å². The van der Waals surface area contributed by atoms with Crippen LogP contribution >= 0.6 is 0 Å². The number of hydrogen-bond acceptors (Lipinski definition) is 5. The summed E-state index contributed by atoms with van der Waals surface area (Å²) >= 11 is 0. The first-order chi connectivity index (χ1) is 8.17. The number of aliphatic hydroxyl groups is 1. The molecule has 0 saturated carbocycles. The van der Waals surface area contributed by atoms with Crippen LogP contribution in [-0.2, 0) is 4.79 Å². The molecule has 0 saturated heterocycles. The Balaban J connectivity index is 2.41. The van der Waals surface area contributed by atoms with Gasteiger partial charge in [0.2, 0.25) is 5.91 Å². The number of nitrogens with zero attached hydrogens (tertiary/aromatic N) is 1. The predicted octanol–water partition coefficient (Wildman–Crippen LogP) is -0.150. The van der Waals surface area contributed by atoms with E-state index in [9.17, 15) is 9.59 Å². The van der Waals surface area contributed by atoms with Crippen molar-refractivity contribution in [2.75, 3.05) is 26.2 Å². The zero-order valence-corrected chi connectivity index (χ0v) is 9.68. The van der Waals surface area contributed by atoms with Crippen LogP contribution in [0.3, 0.4) is 0 Å². The van der Waals surface area contributed by atoms with Gasteiger partial charge in [-0.3, -0.25) is 19.8 Å². The molecule has 0 bridgehead atoms. The minimum atomic E-state index is -0.556. The van der Waals surface area contributed by atoms with Crippen LogP contribution in [0.4, 0.5) is 0 Å². The molecule has 0 aromatic carbocycles. The van der Waals surface area contributed by atoms with E-state index in [0.717, 1.165) is 0 Å². The minimum absolute atomic E-state index is 0.0206. The summed E-state index contributed by atoms with van der Waals surface area (Å²) in [6, 6.07) is 3.05. The smallest absolute Gasteiger partial charge is 0.293 e. The first-order valence-electron chi connectivity index (χ1n) is 5.38. The van der Waals surface area contributed by atoms with E-state index in [2.05, 4.69) is 5.32 Å². The predicted molar refractivity (Wildman–Crippen MR) is 60.4 cm³/mol. The first kappa shape index (κ1) is 13.4. The molecule has 0 aliphatic heterocycles. The average Bonchev–Trinajstić information content (AvgIpc) is 2.81. The van der Waals surface area contributed by atoms with E-state index in [0.29, 0.717) is 13.1 Å². The summed E-state index contributed by atoms with van der Waals surface area (Å²) < 4.78 is 4.86. The third-order valence-corrected chi connectivity index (χ3v) is 2.23. The second kappa shape index (κ2) is 6.82. The Morgan fingerprint density at radius 2 is 2.29 bits per heavy atom. The van der Waals surface area contributed by atoms with Crippen molar-refractivity contribution in [3.63, 3.8) is 0 Å². The molecule has 94 valence electrons. The van der Waals surface area contributed by atoms with Gasteiger partial charge in [0.05, 0.1) is 19.4 Å². The number of furan rings is 1. The molecule has 0 atom stereocenters. The molecule has 0 unspecified atom stereocenters. The van der Waals surface area contributed by atoms with Crippen LogP contribution in [0.2, 0.25) is 0 Å². The number of carbonyl (C=O) groups excluding carboxylic acids is 2. The molecule has 0 aliphatic carbocycles. The first-order valence-corrected chi connectivity index (χ1v) is 5.38. The van der Waals surface area contributed by atoms with Crippen molar-refractivity contribution in [3.8, 4) is 0 Å². The third kappa shape index (κ3) is 4.38. The lowest BCUT2D eigenvalue weighted by molar-refractivity contribution is -0.121. The van der Waals surface area contributed by atoms with Gasteiger partial charge in [-0.2, -0.15) is 0 Å². The molecule has 1 rings (SSSR count). The molecule has 17 heavy (non-hydrogen) atoms. The summed E-state index contributed by atoms with van der Waals surface area (Å²) in [5.41, 5.74) is 0. The number of likely N-dealkylation sites (N-methyl/N-ethyl adjacent to an activating group) is 1. The third-order valence-electron chi connectivity index (χ3n) is 2.23. The Hall–Kier alpha value is -1.66. The molecular weight excluding hydrogens is 224 g/mol. The van der Waals surface area contributed by atoms with Gasteiger partial charge in [-0.05, 0) is 18.7 Å². The standard InChI is InChI=1S/C11H16N2O4/c1-2-13(5-6-14)8-10(15)12-11(16)9-4-3-7-17-9/h3-4,7,14H,2,5-6,8H2,1H3,(H,12,15,16). The number of amides is 2. The molecule has 0 spiro atoms. The molecule has 1 heterocycles. The fourth-order valence-electron chi connectivity index (χ4n) is 1.33. The van der Waals surface area contributed by atoms with Crippen LogP contribution in [0, 0.1) is 0 Å². The molecule has 0 aliphatic rings. The Morgan fingerprint density at radius 3 is 2.82 bits per heavy atom. The lowest BCUT2D eigenvalue weighted by Crippen LogP contribution is -2.40. The van der Waals surface area contributed by atoms with Crippen molar-refractivity contribution in [2.24, 2.45) is 0 Å². The van der Waals surface area contributed by atoms with E-state index < -0.39 is 11.8 Å². The van der Waals surface area contributed by atoms with Crippen molar-refractivity contribution < 1.29 is 19.1 Å². The van der Waals surface area contributed by atoms with E-state index in [-0.39, 0.29) is 18.9 Å². The summed E-state index contributed by atoms with van der Waals surface area (Å²) in [7, 11) is 0. The fourth-order valence-corrected chi connectivity index (χ4v) is 1.33. The van der Waals surface area contributed by atoms with Gasteiger partial charge >= 0.3 is 0 Å². The number of imide groups is 1. The normalized spacial score (nSPS) is 10.5. The SMILES string of the molecule is CCN(CCO)CC(=O)NC(=O)c1ccco1. The van der Waals surface area contributed by atoms with Gasteiger partial charge in [0.25, 0.3) is 5.91 Å². The maximum absolute atomic E-state index is 11.5. The van der Waals surface area contributed by atoms with Crippen molar-refractivity contribution in [1.29, 1.82) is 0 Å². The molecule has 0 fully saturated rings. The molecule has 6 nitrogen and oxygen atoms in total. The van der Waals surface area contributed by atoms with Crippen LogP contribution in [0.15, 0.2) is 22.8 Å². The highest BCUT2D eigenvalue weighted by Gasteiger charge is 2.14. The lowest BCUT2D eigenvalue weighted by atomic mass is 10.4. The number of aliphatic hydroxyl groups excluding tert-OH is 1. The van der Waals surface area contributed by atoms with E-state index in [1.807, 2.05) is 6.92 Å². The van der Waals surface area contributed by atoms with Gasteiger partial charge < -0.3 is 9.52 Å². The fraction of sp³-hybridized carbons (Fsp3) is 0.455. The summed E-state index contributed by atoms with van der Waals surface area (Å²) in [4.78, 5) is 24.7. The average molecular weight is 240 g/mol. The maximum atomic E-state index is 11.5. The van der Waals surface area contributed by atoms with Crippen LogP contribution in [-0.4, -0.2) is 48.1 Å². The molecule has 2 amide bonds. The van der Waals surface area contributed by atoms with Gasteiger partial charge in [0, 0.05) is 6.54 Å². The highest BCUT2D eigenvalue weighted by Crippen LogP contribution is 1.99. The number of nitrogens with one attached hydrogen (secondary N) is 1. The number of rotatable bonds is 6. The second-order valence-electron chi connectivity index (χ2n) is 3.45. The van der Waals surface area contributed by atoms with Gasteiger partial charge in [-0.1, -0.05) is 6.92 Å². The van der Waals surface area contributed by atoms with Gasteiger partial charge in [-0.25, -0.2) is 0 Å². The summed E-state index contributed by atoms with van der Waals surface area (Å²) in [6.07, 6.45) is 1.36. The van der Waals surface area contributed by atoms with E-state index in [1.165, 1.54) is 12.3 Å². The van der Waals surface area contributed by atoms with E-state index in [4.69, 9.17) is 9.52 Å². The topological polar surface area (TPSA) is 82.8 Å². The quantitative estimate of drug-likeness (QED) is 0.722.